The minimum Gasteiger partial charge on any atom is -0.412 e. The van der Waals surface area contributed by atoms with Crippen molar-refractivity contribution in [3.63, 3.8) is 0 Å². The predicted molar refractivity (Wildman–Crippen MR) is 177 cm³/mol. The highest BCUT2D eigenvalue weighted by atomic mass is 35.6. The summed E-state index contributed by atoms with van der Waals surface area (Å²) in [5, 5.41) is 25.4. The average Bonchev–Trinajstić information content (AvgIpc) is 2.62. The Morgan fingerprint density at radius 2 is 0.757 bits per heavy atom. The van der Waals surface area contributed by atoms with E-state index in [9.17, 15) is 0 Å². The minimum absolute atomic E-state index is 0.250. The maximum Gasteiger partial charge on any atom is 0.184 e. The quantitative estimate of drug-likeness (QED) is 0.213. The smallest absolute Gasteiger partial charge is 0.184 e. The molecule has 0 radical (unpaired) electrons. The molecule has 0 spiro atoms. The van der Waals surface area contributed by atoms with Crippen LogP contribution in [-0.4, -0.2) is 77.7 Å². The molecule has 0 bridgehead atoms. The predicted octanol–water partition coefficient (Wildman–Crippen LogP) is 8.40. The highest BCUT2D eigenvalue weighted by Gasteiger charge is 2.33. The summed E-state index contributed by atoms with van der Waals surface area (Å²) < 4.78 is 12.5. The van der Waals surface area contributed by atoms with E-state index in [0.717, 1.165) is 25.7 Å². The summed E-state index contributed by atoms with van der Waals surface area (Å²) in [7, 11) is -5.13. The molecular formula is C26H64Cl2O5Si4. The summed E-state index contributed by atoms with van der Waals surface area (Å²) in [6.07, 6.45) is 8.55. The molecule has 11 heteroatoms. The van der Waals surface area contributed by atoms with Crippen LogP contribution in [0.15, 0.2) is 0 Å². The molecule has 0 heterocycles. The first-order chi connectivity index (χ1) is 16.4. The lowest BCUT2D eigenvalue weighted by Gasteiger charge is -2.38. The molecule has 0 aromatic rings. The standard InChI is InChI=1S/C12H28O2Si2.C6H12O2.2C3H9ClSi.C2H6O/c1-15(2,3)13-11-9-7-8-10-12(11)14-16(4,5)6;7-5-3-1-2-4-6(5)8;2*1-5(2,3)4;1-2-3/h11-12H,7-10H2,1-6H3;5-8H,1-4H2;2*1-3H3;3H,2H2,1H3. The van der Waals surface area contributed by atoms with Gasteiger partial charge in [-0.2, -0.15) is 22.2 Å². The number of halogens is 2. The van der Waals surface area contributed by atoms with E-state index in [1.54, 1.807) is 6.92 Å². The van der Waals surface area contributed by atoms with Crippen molar-refractivity contribution in [1.29, 1.82) is 0 Å². The molecule has 0 amide bonds. The van der Waals surface area contributed by atoms with Crippen molar-refractivity contribution in [2.24, 2.45) is 0 Å². The summed E-state index contributed by atoms with van der Waals surface area (Å²) in [6.45, 7) is 28.1. The molecular weight excluding hydrogens is 576 g/mol. The van der Waals surface area contributed by atoms with Crippen molar-refractivity contribution < 1.29 is 24.2 Å². The molecule has 2 aliphatic carbocycles. The van der Waals surface area contributed by atoms with E-state index >= 15 is 0 Å². The highest BCUT2D eigenvalue weighted by Crippen LogP contribution is 2.28. The molecule has 3 N–H and O–H groups in total. The summed E-state index contributed by atoms with van der Waals surface area (Å²) in [4.78, 5) is 0. The first-order valence-electron chi connectivity index (χ1n) is 14.1. The normalized spacial score (nSPS) is 24.5. The van der Waals surface area contributed by atoms with Gasteiger partial charge in [0, 0.05) is 6.61 Å². The van der Waals surface area contributed by atoms with Crippen LogP contribution in [0.3, 0.4) is 0 Å². The molecule has 2 fully saturated rings. The molecule has 37 heavy (non-hydrogen) atoms. The maximum absolute atomic E-state index is 8.93. The van der Waals surface area contributed by atoms with Crippen molar-refractivity contribution in [2.75, 3.05) is 6.61 Å². The zero-order chi connectivity index (χ0) is 30.1. The summed E-state index contributed by atoms with van der Waals surface area (Å²) >= 11 is 11.3. The fourth-order valence-corrected chi connectivity index (χ4v) is 5.69. The molecule has 0 aliphatic heterocycles. The maximum atomic E-state index is 8.93. The van der Waals surface area contributed by atoms with Crippen LogP contribution in [0.4, 0.5) is 0 Å². The minimum atomic E-state index is -1.43. The van der Waals surface area contributed by atoms with E-state index in [2.05, 4.69) is 78.6 Å². The lowest BCUT2D eigenvalue weighted by atomic mass is 9.95. The molecule has 0 saturated heterocycles. The lowest BCUT2D eigenvalue weighted by molar-refractivity contribution is -0.00865. The molecule has 5 nitrogen and oxygen atoms in total. The van der Waals surface area contributed by atoms with Crippen molar-refractivity contribution in [1.82, 2.24) is 0 Å². The molecule has 4 unspecified atom stereocenters. The summed E-state index contributed by atoms with van der Waals surface area (Å²) in [5.74, 6) is 0. The van der Waals surface area contributed by atoms with E-state index in [-0.39, 0.29) is 6.61 Å². The summed E-state index contributed by atoms with van der Waals surface area (Å²) in [5.41, 5.74) is 0. The molecule has 2 saturated carbocycles. The van der Waals surface area contributed by atoms with Crippen LogP contribution < -0.4 is 0 Å². The van der Waals surface area contributed by atoms with Gasteiger partial charge in [-0.3, -0.25) is 0 Å². The zero-order valence-corrected chi connectivity index (χ0v) is 32.1. The van der Waals surface area contributed by atoms with Crippen LogP contribution in [0.1, 0.15) is 58.3 Å². The Morgan fingerprint density at radius 1 is 0.568 bits per heavy atom. The van der Waals surface area contributed by atoms with Crippen molar-refractivity contribution in [2.45, 2.75) is 161 Å². The van der Waals surface area contributed by atoms with Crippen LogP contribution >= 0.6 is 22.2 Å². The van der Waals surface area contributed by atoms with Gasteiger partial charge in [0.1, 0.15) is 14.8 Å². The number of hydrogen-bond donors (Lipinski definition) is 3. The fourth-order valence-electron chi connectivity index (χ4n) is 3.33. The molecule has 228 valence electrons. The Kier molecular flexibility index (Phi) is 24.3. The van der Waals surface area contributed by atoms with Gasteiger partial charge in [0.2, 0.25) is 0 Å². The molecule has 2 aliphatic rings. The van der Waals surface area contributed by atoms with Crippen molar-refractivity contribution >= 4 is 53.6 Å². The van der Waals surface area contributed by atoms with Crippen LogP contribution in [0.2, 0.25) is 78.6 Å². The Morgan fingerprint density at radius 3 is 0.919 bits per heavy atom. The summed E-state index contributed by atoms with van der Waals surface area (Å²) in [6, 6.07) is 0. The van der Waals surface area contributed by atoms with E-state index in [4.69, 9.17) is 46.3 Å². The van der Waals surface area contributed by atoms with E-state index in [1.807, 2.05) is 0 Å². The largest absolute Gasteiger partial charge is 0.412 e. The van der Waals surface area contributed by atoms with Crippen LogP contribution in [0.25, 0.3) is 0 Å². The highest BCUT2D eigenvalue weighted by molar-refractivity contribution is 7.18. The van der Waals surface area contributed by atoms with Gasteiger partial charge in [-0.1, -0.05) is 65.0 Å². The molecule has 4 atom stereocenters. The fraction of sp³-hybridized carbons (Fsp3) is 1.00. The Bertz CT molecular complexity index is 475. The number of hydrogen-bond acceptors (Lipinski definition) is 5. The number of aliphatic hydroxyl groups is 3. The van der Waals surface area contributed by atoms with E-state index in [0.29, 0.717) is 12.2 Å². The molecule has 2 rings (SSSR count). The SMILES string of the molecule is CCO.C[Si](C)(C)Cl.C[Si](C)(C)Cl.C[Si](C)(C)OC1CCCCC1O[Si](C)(C)C.OC1CCCCC1O. The zero-order valence-electron chi connectivity index (χ0n) is 26.6. The Hall–Kier alpha value is 1.25. The van der Waals surface area contributed by atoms with Crippen LogP contribution in [0.5, 0.6) is 0 Å². The van der Waals surface area contributed by atoms with Gasteiger partial charge in [0.25, 0.3) is 0 Å². The Labute approximate surface area is 244 Å². The third kappa shape index (κ3) is 41.9. The van der Waals surface area contributed by atoms with Gasteiger partial charge in [-0.05, 0) is 71.9 Å². The topological polar surface area (TPSA) is 79.2 Å². The average molecular weight is 640 g/mol. The van der Waals surface area contributed by atoms with Crippen LogP contribution in [0, 0.1) is 0 Å². The van der Waals surface area contributed by atoms with E-state index in [1.165, 1.54) is 25.7 Å². The van der Waals surface area contributed by atoms with Gasteiger partial charge in [-0.15, -0.1) is 0 Å². The van der Waals surface area contributed by atoms with Gasteiger partial charge in [-0.25, -0.2) is 0 Å². The second-order valence-corrected chi connectivity index (χ2v) is 37.7. The molecule has 0 aromatic carbocycles. The Balaban J connectivity index is -0.000000458. The second-order valence-electron chi connectivity index (χ2n) is 13.7. The first kappa shape index (κ1) is 42.7. The van der Waals surface area contributed by atoms with Crippen molar-refractivity contribution in [3.8, 4) is 0 Å². The monoisotopic (exact) mass is 638 g/mol. The number of aliphatic hydroxyl groups excluding tert-OH is 3. The first-order valence-corrected chi connectivity index (χ1v) is 29.9. The van der Waals surface area contributed by atoms with Gasteiger partial charge in [0.15, 0.2) is 16.6 Å². The molecule has 0 aromatic heterocycles. The van der Waals surface area contributed by atoms with E-state index < -0.39 is 43.6 Å². The van der Waals surface area contributed by atoms with Gasteiger partial charge < -0.3 is 24.2 Å². The third-order valence-electron chi connectivity index (χ3n) is 4.35. The second kappa shape index (κ2) is 21.0. The van der Waals surface area contributed by atoms with Gasteiger partial charge in [0.05, 0.1) is 24.4 Å². The van der Waals surface area contributed by atoms with Crippen LogP contribution in [-0.2, 0) is 8.85 Å². The number of rotatable bonds is 4. The third-order valence-corrected chi connectivity index (χ3v) is 6.37. The van der Waals surface area contributed by atoms with Crippen molar-refractivity contribution in [3.05, 3.63) is 0 Å². The lowest BCUT2D eigenvalue weighted by Crippen LogP contribution is -2.46. The van der Waals surface area contributed by atoms with Gasteiger partial charge >= 0.3 is 0 Å².